The van der Waals surface area contributed by atoms with Crippen LogP contribution >= 0.6 is 0 Å². The minimum Gasteiger partial charge on any atom is -0.382 e. The topological polar surface area (TPSA) is 27.7 Å². The molecule has 0 aromatic carbocycles. The van der Waals surface area contributed by atoms with E-state index in [9.17, 15) is 0 Å². The van der Waals surface area contributed by atoms with Crippen molar-refractivity contribution >= 4 is 0 Å². The average molecular weight is 202 g/mol. The molecule has 84 valence electrons. The Morgan fingerprint density at radius 1 is 1.14 bits per heavy atom. The number of hydrogen-bond acceptors (Lipinski definition) is 3. The summed E-state index contributed by atoms with van der Waals surface area (Å²) in [6.07, 6.45) is 3.93. The summed E-state index contributed by atoms with van der Waals surface area (Å²) in [4.78, 5) is 0. The number of ether oxygens (including phenoxy) is 3. The molecule has 0 radical (unpaired) electrons. The van der Waals surface area contributed by atoms with Crippen LogP contribution in [0.2, 0.25) is 0 Å². The largest absolute Gasteiger partial charge is 0.382 e. The Kier molecular flexibility index (Phi) is 5.45. The van der Waals surface area contributed by atoms with Crippen molar-refractivity contribution in [3.05, 3.63) is 0 Å². The van der Waals surface area contributed by atoms with Gasteiger partial charge >= 0.3 is 0 Å². The van der Waals surface area contributed by atoms with Crippen molar-refractivity contribution < 1.29 is 14.2 Å². The summed E-state index contributed by atoms with van der Waals surface area (Å²) in [6, 6.07) is 0. The van der Waals surface area contributed by atoms with Crippen LogP contribution in [0.1, 0.15) is 39.5 Å². The minimum absolute atomic E-state index is 0.345. The van der Waals surface area contributed by atoms with Crippen LogP contribution in [0.5, 0.6) is 0 Å². The van der Waals surface area contributed by atoms with Crippen molar-refractivity contribution in [3.63, 3.8) is 0 Å². The van der Waals surface area contributed by atoms with E-state index in [2.05, 4.69) is 6.92 Å². The standard InChI is InChI=1S/C11H22O3/c1-3-6-11(7-10-12-4-2)13-8-5-9-14-11/h3-10H2,1-2H3. The zero-order valence-electron chi connectivity index (χ0n) is 9.38. The molecule has 1 saturated heterocycles. The first-order valence-corrected chi connectivity index (χ1v) is 5.68. The summed E-state index contributed by atoms with van der Waals surface area (Å²) >= 11 is 0. The van der Waals surface area contributed by atoms with Crippen molar-refractivity contribution in [2.75, 3.05) is 26.4 Å². The van der Waals surface area contributed by atoms with E-state index in [0.29, 0.717) is 0 Å². The molecule has 1 aliphatic heterocycles. The molecule has 0 N–H and O–H groups in total. The quantitative estimate of drug-likeness (QED) is 0.619. The summed E-state index contributed by atoms with van der Waals surface area (Å²) in [6.45, 7) is 7.32. The maximum atomic E-state index is 5.75. The molecule has 1 rings (SSSR count). The Hall–Kier alpha value is -0.120. The van der Waals surface area contributed by atoms with Crippen molar-refractivity contribution in [3.8, 4) is 0 Å². The Morgan fingerprint density at radius 3 is 2.43 bits per heavy atom. The van der Waals surface area contributed by atoms with Crippen LogP contribution in [-0.2, 0) is 14.2 Å². The van der Waals surface area contributed by atoms with Crippen LogP contribution in [0.25, 0.3) is 0 Å². The summed E-state index contributed by atoms with van der Waals surface area (Å²) in [7, 11) is 0. The van der Waals surface area contributed by atoms with E-state index >= 15 is 0 Å². The van der Waals surface area contributed by atoms with Gasteiger partial charge in [0.2, 0.25) is 0 Å². The van der Waals surface area contributed by atoms with E-state index in [1.165, 1.54) is 0 Å². The highest BCUT2D eigenvalue weighted by Gasteiger charge is 2.33. The molecule has 0 atom stereocenters. The predicted molar refractivity (Wildman–Crippen MR) is 55.3 cm³/mol. The maximum Gasteiger partial charge on any atom is 0.170 e. The van der Waals surface area contributed by atoms with Gasteiger partial charge in [-0.25, -0.2) is 0 Å². The second-order valence-corrected chi connectivity index (χ2v) is 3.66. The van der Waals surface area contributed by atoms with Gasteiger partial charge in [-0.1, -0.05) is 13.3 Å². The molecule has 3 heteroatoms. The van der Waals surface area contributed by atoms with Crippen LogP contribution in [0.4, 0.5) is 0 Å². The molecule has 1 fully saturated rings. The first kappa shape index (κ1) is 12.0. The lowest BCUT2D eigenvalue weighted by atomic mass is 10.1. The number of rotatable bonds is 6. The Balaban J connectivity index is 2.34. The molecule has 0 spiro atoms. The highest BCUT2D eigenvalue weighted by Crippen LogP contribution is 2.27. The molecule has 0 aromatic rings. The molecule has 0 bridgehead atoms. The smallest absolute Gasteiger partial charge is 0.170 e. The highest BCUT2D eigenvalue weighted by atomic mass is 16.7. The third-order valence-corrected chi connectivity index (χ3v) is 2.48. The van der Waals surface area contributed by atoms with E-state index in [1.807, 2.05) is 6.92 Å². The van der Waals surface area contributed by atoms with Crippen molar-refractivity contribution in [1.29, 1.82) is 0 Å². The second kappa shape index (κ2) is 6.38. The van der Waals surface area contributed by atoms with E-state index < -0.39 is 0 Å². The van der Waals surface area contributed by atoms with Gasteiger partial charge in [0.15, 0.2) is 5.79 Å². The normalized spacial score (nSPS) is 21.0. The molecule has 1 heterocycles. The lowest BCUT2D eigenvalue weighted by Gasteiger charge is -2.37. The van der Waals surface area contributed by atoms with Crippen LogP contribution in [0, 0.1) is 0 Å². The molecule has 0 amide bonds. The molecular weight excluding hydrogens is 180 g/mol. The SMILES string of the molecule is CCCC1(CCOCC)OCCCO1. The molecule has 0 aliphatic carbocycles. The van der Waals surface area contributed by atoms with Crippen LogP contribution in [-0.4, -0.2) is 32.2 Å². The summed E-state index contributed by atoms with van der Waals surface area (Å²) in [5.74, 6) is -0.345. The van der Waals surface area contributed by atoms with Crippen molar-refractivity contribution in [1.82, 2.24) is 0 Å². The lowest BCUT2D eigenvalue weighted by Crippen LogP contribution is -2.41. The average Bonchev–Trinajstić information content (AvgIpc) is 2.20. The summed E-state index contributed by atoms with van der Waals surface area (Å²) in [5, 5.41) is 0. The van der Waals surface area contributed by atoms with Gasteiger partial charge in [0.1, 0.15) is 0 Å². The van der Waals surface area contributed by atoms with Crippen molar-refractivity contribution in [2.24, 2.45) is 0 Å². The fourth-order valence-corrected chi connectivity index (χ4v) is 1.78. The molecular formula is C11H22O3. The zero-order valence-corrected chi connectivity index (χ0v) is 9.38. The zero-order chi connectivity index (χ0) is 10.3. The predicted octanol–water partition coefficient (Wildman–Crippen LogP) is 2.35. The molecule has 3 nitrogen and oxygen atoms in total. The molecule has 0 aromatic heterocycles. The second-order valence-electron chi connectivity index (χ2n) is 3.66. The van der Waals surface area contributed by atoms with E-state index in [4.69, 9.17) is 14.2 Å². The molecule has 1 aliphatic rings. The van der Waals surface area contributed by atoms with Crippen molar-refractivity contribution in [2.45, 2.75) is 45.3 Å². The number of hydrogen-bond donors (Lipinski definition) is 0. The Labute approximate surface area is 86.7 Å². The first-order chi connectivity index (χ1) is 6.83. The fraction of sp³-hybridized carbons (Fsp3) is 1.00. The van der Waals surface area contributed by atoms with Gasteiger partial charge in [0.05, 0.1) is 19.8 Å². The van der Waals surface area contributed by atoms with Crippen LogP contribution in [0.15, 0.2) is 0 Å². The lowest BCUT2D eigenvalue weighted by molar-refractivity contribution is -0.277. The van der Waals surface area contributed by atoms with E-state index in [-0.39, 0.29) is 5.79 Å². The molecule has 0 unspecified atom stereocenters. The Bertz CT molecular complexity index is 136. The van der Waals surface area contributed by atoms with Crippen LogP contribution < -0.4 is 0 Å². The third kappa shape index (κ3) is 3.56. The van der Waals surface area contributed by atoms with Gasteiger partial charge in [-0.2, -0.15) is 0 Å². The van der Waals surface area contributed by atoms with Gasteiger partial charge in [-0.15, -0.1) is 0 Å². The van der Waals surface area contributed by atoms with Gasteiger partial charge in [0, 0.05) is 19.4 Å². The maximum absolute atomic E-state index is 5.75. The van der Waals surface area contributed by atoms with Gasteiger partial charge < -0.3 is 14.2 Å². The van der Waals surface area contributed by atoms with Crippen LogP contribution in [0.3, 0.4) is 0 Å². The third-order valence-electron chi connectivity index (χ3n) is 2.48. The summed E-state index contributed by atoms with van der Waals surface area (Å²) in [5.41, 5.74) is 0. The van der Waals surface area contributed by atoms with Gasteiger partial charge in [0.25, 0.3) is 0 Å². The van der Waals surface area contributed by atoms with Gasteiger partial charge in [-0.05, 0) is 13.3 Å². The molecule has 0 saturated carbocycles. The fourth-order valence-electron chi connectivity index (χ4n) is 1.78. The van der Waals surface area contributed by atoms with Gasteiger partial charge in [-0.3, -0.25) is 0 Å². The van der Waals surface area contributed by atoms with E-state index in [1.54, 1.807) is 0 Å². The monoisotopic (exact) mass is 202 g/mol. The summed E-state index contributed by atoms with van der Waals surface area (Å²) < 4.78 is 16.8. The minimum atomic E-state index is -0.345. The Morgan fingerprint density at radius 2 is 1.86 bits per heavy atom. The molecule has 14 heavy (non-hydrogen) atoms. The highest BCUT2D eigenvalue weighted by molar-refractivity contribution is 4.72. The first-order valence-electron chi connectivity index (χ1n) is 5.68. The van der Waals surface area contributed by atoms with E-state index in [0.717, 1.165) is 52.1 Å².